The Morgan fingerprint density at radius 3 is 2.04 bits per heavy atom. The number of nitrogens with one attached hydrogen (secondary N) is 1. The van der Waals surface area contributed by atoms with E-state index in [2.05, 4.69) is 29.6 Å². The zero-order valence-electron chi connectivity index (χ0n) is 17.1. The Morgan fingerprint density at radius 1 is 0.857 bits per heavy atom. The van der Waals surface area contributed by atoms with Crippen LogP contribution in [0.4, 0.5) is 0 Å². The second-order valence-corrected chi connectivity index (χ2v) is 6.30. The van der Waals surface area contributed by atoms with Crippen LogP contribution in [0.2, 0.25) is 0 Å². The van der Waals surface area contributed by atoms with E-state index in [0.717, 1.165) is 19.3 Å². The summed E-state index contributed by atoms with van der Waals surface area (Å²) in [6.07, 6.45) is 2.97. The number of hydrogen-bond acceptors (Lipinski definition) is 4. The Hall–Kier alpha value is -2.69. The van der Waals surface area contributed by atoms with E-state index in [1.165, 1.54) is 5.56 Å². The quantitative estimate of drug-likeness (QED) is 0.541. The van der Waals surface area contributed by atoms with Crippen molar-refractivity contribution >= 4 is 5.91 Å². The van der Waals surface area contributed by atoms with Crippen molar-refractivity contribution in [2.75, 3.05) is 26.4 Å². The third-order valence-electron chi connectivity index (χ3n) is 4.19. The first-order valence-corrected chi connectivity index (χ1v) is 10.1. The molecule has 5 nitrogen and oxygen atoms in total. The van der Waals surface area contributed by atoms with E-state index >= 15 is 0 Å². The molecule has 1 amide bonds. The van der Waals surface area contributed by atoms with Crippen LogP contribution < -0.4 is 19.5 Å². The lowest BCUT2D eigenvalue weighted by atomic mass is 10.1. The molecular weight excluding hydrogens is 354 g/mol. The molecule has 0 atom stereocenters. The van der Waals surface area contributed by atoms with Gasteiger partial charge in [0.1, 0.15) is 0 Å². The molecule has 2 aromatic carbocycles. The Labute approximate surface area is 168 Å². The minimum absolute atomic E-state index is 0.135. The van der Waals surface area contributed by atoms with Crippen molar-refractivity contribution in [3.8, 4) is 17.2 Å². The topological polar surface area (TPSA) is 56.8 Å². The largest absolute Gasteiger partial charge is 0.490 e. The Bertz CT molecular complexity index is 704. The molecule has 0 spiro atoms. The molecule has 1 N–H and O–H groups in total. The molecular formula is C23H31NO4. The van der Waals surface area contributed by atoms with Crippen LogP contribution in [-0.4, -0.2) is 32.3 Å². The monoisotopic (exact) mass is 385 g/mol. The minimum atomic E-state index is -0.135. The Kier molecular flexibility index (Phi) is 9.19. The van der Waals surface area contributed by atoms with Gasteiger partial charge in [-0.1, -0.05) is 30.3 Å². The maximum Gasteiger partial charge on any atom is 0.251 e. The van der Waals surface area contributed by atoms with E-state index in [-0.39, 0.29) is 5.91 Å². The van der Waals surface area contributed by atoms with Crippen molar-refractivity contribution < 1.29 is 19.0 Å². The number of rotatable bonds is 12. The number of ether oxygens (including phenoxy) is 3. The average molecular weight is 386 g/mol. The van der Waals surface area contributed by atoms with Gasteiger partial charge in [-0.15, -0.1) is 0 Å². The van der Waals surface area contributed by atoms with Gasteiger partial charge < -0.3 is 19.5 Å². The van der Waals surface area contributed by atoms with Crippen LogP contribution in [0.25, 0.3) is 0 Å². The van der Waals surface area contributed by atoms with Gasteiger partial charge in [-0.2, -0.15) is 0 Å². The molecule has 5 heteroatoms. The molecule has 0 aliphatic rings. The highest BCUT2D eigenvalue weighted by Crippen LogP contribution is 2.39. The summed E-state index contributed by atoms with van der Waals surface area (Å²) in [5.74, 6) is 1.48. The number of unbranched alkanes of at least 4 members (excludes halogenated alkanes) is 1. The molecule has 0 saturated carbocycles. The SMILES string of the molecule is CCOc1cc(C(=O)NCCCCc2ccccc2)cc(OCC)c1OCC. The lowest BCUT2D eigenvalue weighted by Gasteiger charge is -2.17. The van der Waals surface area contributed by atoms with Crippen LogP contribution in [0.15, 0.2) is 42.5 Å². The summed E-state index contributed by atoms with van der Waals surface area (Å²) < 4.78 is 17.0. The summed E-state index contributed by atoms with van der Waals surface area (Å²) in [5.41, 5.74) is 1.83. The van der Waals surface area contributed by atoms with Gasteiger partial charge in [-0.05, 0) is 57.7 Å². The predicted octanol–water partition coefficient (Wildman–Crippen LogP) is 4.64. The molecule has 0 aliphatic heterocycles. The number of hydrogen-bond donors (Lipinski definition) is 1. The van der Waals surface area contributed by atoms with Crippen LogP contribution >= 0.6 is 0 Å². The van der Waals surface area contributed by atoms with Gasteiger partial charge in [0.05, 0.1) is 19.8 Å². The minimum Gasteiger partial charge on any atom is -0.490 e. The number of amides is 1. The summed E-state index contributed by atoms with van der Waals surface area (Å²) in [6.45, 7) is 7.79. The van der Waals surface area contributed by atoms with Crippen molar-refractivity contribution in [3.63, 3.8) is 0 Å². The van der Waals surface area contributed by atoms with Gasteiger partial charge >= 0.3 is 0 Å². The summed E-state index contributed by atoms with van der Waals surface area (Å²) in [7, 11) is 0. The Morgan fingerprint density at radius 2 is 1.46 bits per heavy atom. The van der Waals surface area contributed by atoms with Crippen molar-refractivity contribution in [1.29, 1.82) is 0 Å². The lowest BCUT2D eigenvalue weighted by Crippen LogP contribution is -2.24. The van der Waals surface area contributed by atoms with Crippen molar-refractivity contribution in [3.05, 3.63) is 53.6 Å². The number of carbonyl (C=O) groups excluding carboxylic acids is 1. The van der Waals surface area contributed by atoms with E-state index < -0.39 is 0 Å². The highest BCUT2D eigenvalue weighted by Gasteiger charge is 2.18. The normalized spacial score (nSPS) is 10.4. The summed E-state index contributed by atoms with van der Waals surface area (Å²) >= 11 is 0. The summed E-state index contributed by atoms with van der Waals surface area (Å²) in [5, 5.41) is 2.98. The number of aryl methyl sites for hydroxylation is 1. The van der Waals surface area contributed by atoms with Crippen molar-refractivity contribution in [2.45, 2.75) is 40.0 Å². The van der Waals surface area contributed by atoms with Crippen LogP contribution in [0, 0.1) is 0 Å². The molecule has 0 aliphatic carbocycles. The first-order valence-electron chi connectivity index (χ1n) is 10.1. The third kappa shape index (κ3) is 6.48. The zero-order chi connectivity index (χ0) is 20.2. The highest BCUT2D eigenvalue weighted by molar-refractivity contribution is 5.95. The molecule has 0 unspecified atom stereocenters. The second-order valence-electron chi connectivity index (χ2n) is 6.30. The maximum atomic E-state index is 12.6. The van der Waals surface area contributed by atoms with Crippen LogP contribution in [0.3, 0.4) is 0 Å². The third-order valence-corrected chi connectivity index (χ3v) is 4.19. The van der Waals surface area contributed by atoms with Crippen molar-refractivity contribution in [2.24, 2.45) is 0 Å². The fraction of sp³-hybridized carbons (Fsp3) is 0.435. The van der Waals surface area contributed by atoms with Gasteiger partial charge in [0.15, 0.2) is 11.5 Å². The molecule has 0 saturated heterocycles. The standard InChI is InChI=1S/C23H31NO4/c1-4-26-20-16-19(17-21(27-5-2)22(20)28-6-3)23(25)24-15-11-10-14-18-12-8-7-9-13-18/h7-9,12-13,16-17H,4-6,10-11,14-15H2,1-3H3,(H,24,25). The molecule has 2 aromatic rings. The summed E-state index contributed by atoms with van der Waals surface area (Å²) in [6, 6.07) is 13.8. The molecule has 2 rings (SSSR count). The molecule has 28 heavy (non-hydrogen) atoms. The molecule has 152 valence electrons. The van der Waals surface area contributed by atoms with E-state index in [0.29, 0.717) is 49.2 Å². The fourth-order valence-electron chi connectivity index (χ4n) is 2.92. The van der Waals surface area contributed by atoms with E-state index in [1.54, 1.807) is 12.1 Å². The van der Waals surface area contributed by atoms with Gasteiger partial charge in [0.2, 0.25) is 5.75 Å². The Balaban J connectivity index is 1.97. The van der Waals surface area contributed by atoms with Gasteiger partial charge in [0.25, 0.3) is 5.91 Å². The van der Waals surface area contributed by atoms with Gasteiger partial charge in [-0.25, -0.2) is 0 Å². The van der Waals surface area contributed by atoms with E-state index in [4.69, 9.17) is 14.2 Å². The van der Waals surface area contributed by atoms with Crippen molar-refractivity contribution in [1.82, 2.24) is 5.32 Å². The number of carbonyl (C=O) groups is 1. The molecule has 0 bridgehead atoms. The molecule has 0 heterocycles. The molecule has 0 radical (unpaired) electrons. The smallest absolute Gasteiger partial charge is 0.251 e. The van der Waals surface area contributed by atoms with E-state index in [1.807, 2.05) is 26.8 Å². The van der Waals surface area contributed by atoms with Crippen LogP contribution in [-0.2, 0) is 6.42 Å². The average Bonchev–Trinajstić information content (AvgIpc) is 2.71. The molecule has 0 fully saturated rings. The van der Waals surface area contributed by atoms with E-state index in [9.17, 15) is 4.79 Å². The lowest BCUT2D eigenvalue weighted by molar-refractivity contribution is 0.0952. The van der Waals surface area contributed by atoms with Crippen LogP contribution in [0.5, 0.6) is 17.2 Å². The zero-order valence-corrected chi connectivity index (χ0v) is 17.1. The summed E-state index contributed by atoms with van der Waals surface area (Å²) in [4.78, 5) is 12.6. The van der Waals surface area contributed by atoms with Gasteiger partial charge in [-0.3, -0.25) is 4.79 Å². The first-order chi connectivity index (χ1) is 13.7. The second kappa shape index (κ2) is 11.9. The fourth-order valence-corrected chi connectivity index (χ4v) is 2.92. The maximum absolute atomic E-state index is 12.6. The van der Waals surface area contributed by atoms with Gasteiger partial charge in [0, 0.05) is 12.1 Å². The predicted molar refractivity (Wildman–Crippen MR) is 112 cm³/mol. The first kappa shape index (κ1) is 21.6. The molecule has 0 aromatic heterocycles. The number of benzene rings is 2. The van der Waals surface area contributed by atoms with Crippen LogP contribution in [0.1, 0.15) is 49.5 Å². The highest BCUT2D eigenvalue weighted by atomic mass is 16.5.